The van der Waals surface area contributed by atoms with E-state index in [-0.39, 0.29) is 31.8 Å². The molecule has 0 spiro atoms. The Bertz CT molecular complexity index is 555. The van der Waals surface area contributed by atoms with Crippen LogP contribution in [-0.2, 0) is 9.53 Å². The Balaban J connectivity index is 1.90. The van der Waals surface area contributed by atoms with Crippen molar-refractivity contribution in [2.75, 3.05) is 52.1 Å². The average molecular weight is 325 g/mol. The minimum Gasteiger partial charge on any atom is -0.491 e. The quantitative estimate of drug-likeness (QED) is 0.821. The summed E-state index contributed by atoms with van der Waals surface area (Å²) in [5.74, 6) is 0.358. The molecule has 1 aromatic carbocycles. The van der Waals surface area contributed by atoms with Crippen molar-refractivity contribution in [3.05, 3.63) is 24.3 Å². The summed E-state index contributed by atoms with van der Waals surface area (Å²) in [6, 6.07) is 6.30. The molecule has 1 aliphatic heterocycles. The minimum absolute atomic E-state index is 0.0352. The number of rotatable bonds is 7. The Hall–Kier alpha value is -2.35. The van der Waals surface area contributed by atoms with E-state index in [0.717, 1.165) is 0 Å². The summed E-state index contributed by atoms with van der Waals surface area (Å²) in [7, 11) is 1.56. The Morgan fingerprint density at radius 3 is 2.96 bits per heavy atom. The zero-order valence-corrected chi connectivity index (χ0v) is 13.0. The van der Waals surface area contributed by atoms with Crippen LogP contribution in [0, 0.1) is 0 Å². The summed E-state index contributed by atoms with van der Waals surface area (Å²) in [6.45, 7) is 0.525. The van der Waals surface area contributed by atoms with E-state index < -0.39 is 6.67 Å². The van der Waals surface area contributed by atoms with E-state index in [4.69, 9.17) is 9.47 Å². The zero-order chi connectivity index (χ0) is 16.7. The number of urea groups is 1. The Labute approximate surface area is 133 Å². The van der Waals surface area contributed by atoms with E-state index in [0.29, 0.717) is 24.6 Å². The maximum Gasteiger partial charge on any atom is 0.323 e. The van der Waals surface area contributed by atoms with Crippen LogP contribution >= 0.6 is 0 Å². The number of alkyl halides is 1. The van der Waals surface area contributed by atoms with Crippen molar-refractivity contribution in [1.29, 1.82) is 0 Å². The topological polar surface area (TPSA) is 71.1 Å². The number of carbonyl (C=O) groups is 2. The van der Waals surface area contributed by atoms with Gasteiger partial charge >= 0.3 is 6.03 Å². The molecule has 2 rings (SSSR count). The molecule has 0 radical (unpaired) electrons. The number of anilines is 1. The largest absolute Gasteiger partial charge is 0.491 e. The van der Waals surface area contributed by atoms with E-state index in [9.17, 15) is 14.0 Å². The van der Waals surface area contributed by atoms with Crippen molar-refractivity contribution in [2.45, 2.75) is 0 Å². The third-order valence-corrected chi connectivity index (χ3v) is 3.30. The summed E-state index contributed by atoms with van der Waals surface area (Å²) < 4.78 is 22.2. The fourth-order valence-corrected chi connectivity index (χ4v) is 2.15. The van der Waals surface area contributed by atoms with Crippen LogP contribution in [0.4, 0.5) is 14.9 Å². The van der Waals surface area contributed by atoms with Gasteiger partial charge in [0.2, 0.25) is 5.91 Å². The number of carbonyl (C=O) groups excluding carboxylic acids is 2. The van der Waals surface area contributed by atoms with Crippen molar-refractivity contribution in [3.63, 3.8) is 0 Å². The van der Waals surface area contributed by atoms with E-state index in [1.807, 2.05) is 0 Å². The second kappa shape index (κ2) is 8.33. The molecule has 0 aliphatic carbocycles. The predicted molar refractivity (Wildman–Crippen MR) is 82.1 cm³/mol. The fraction of sp³-hybridized carbons (Fsp3) is 0.467. The maximum atomic E-state index is 12.2. The summed E-state index contributed by atoms with van der Waals surface area (Å²) in [5, 5.41) is 2.70. The van der Waals surface area contributed by atoms with E-state index in [1.54, 1.807) is 36.3 Å². The van der Waals surface area contributed by atoms with Crippen LogP contribution in [0.3, 0.4) is 0 Å². The van der Waals surface area contributed by atoms with Gasteiger partial charge in [-0.1, -0.05) is 6.07 Å². The molecule has 23 heavy (non-hydrogen) atoms. The minimum atomic E-state index is -0.580. The average Bonchev–Trinajstić information content (AvgIpc) is 2.92. The highest BCUT2D eigenvalue weighted by Gasteiger charge is 2.30. The Morgan fingerprint density at radius 1 is 1.39 bits per heavy atom. The van der Waals surface area contributed by atoms with Gasteiger partial charge in [-0.2, -0.15) is 0 Å². The molecule has 0 atom stereocenters. The van der Waals surface area contributed by atoms with Gasteiger partial charge in [-0.05, 0) is 12.1 Å². The first-order valence-corrected chi connectivity index (χ1v) is 7.25. The van der Waals surface area contributed by atoms with Crippen molar-refractivity contribution >= 4 is 17.6 Å². The first-order chi connectivity index (χ1) is 11.1. The number of ether oxygens (including phenoxy) is 2. The van der Waals surface area contributed by atoms with Crippen molar-refractivity contribution in [2.24, 2.45) is 0 Å². The SMILES string of the molecule is COCCN1CN(C(=O)Nc2cccc(OCCF)c2)CC1=O. The van der Waals surface area contributed by atoms with Crippen LogP contribution < -0.4 is 10.1 Å². The van der Waals surface area contributed by atoms with Crippen molar-refractivity contribution in [3.8, 4) is 5.75 Å². The molecular formula is C15H20FN3O4. The van der Waals surface area contributed by atoms with Crippen molar-refractivity contribution < 1.29 is 23.5 Å². The van der Waals surface area contributed by atoms with Gasteiger partial charge in [0.05, 0.1) is 13.3 Å². The van der Waals surface area contributed by atoms with Crippen LogP contribution in [0.15, 0.2) is 24.3 Å². The molecular weight excluding hydrogens is 305 g/mol. The van der Waals surface area contributed by atoms with Crippen LogP contribution in [0.2, 0.25) is 0 Å². The molecule has 0 bridgehead atoms. The summed E-state index contributed by atoms with van der Waals surface area (Å²) in [5.41, 5.74) is 0.522. The first-order valence-electron chi connectivity index (χ1n) is 7.25. The smallest absolute Gasteiger partial charge is 0.323 e. The van der Waals surface area contributed by atoms with Crippen LogP contribution in [-0.4, -0.2) is 68.5 Å². The number of benzene rings is 1. The van der Waals surface area contributed by atoms with Gasteiger partial charge in [0.1, 0.15) is 25.6 Å². The lowest BCUT2D eigenvalue weighted by Gasteiger charge is -2.18. The molecule has 1 heterocycles. The van der Waals surface area contributed by atoms with Gasteiger partial charge in [0, 0.05) is 25.4 Å². The molecule has 1 saturated heterocycles. The molecule has 126 valence electrons. The monoisotopic (exact) mass is 325 g/mol. The molecule has 1 fully saturated rings. The number of halogens is 1. The van der Waals surface area contributed by atoms with Crippen molar-refractivity contribution in [1.82, 2.24) is 9.80 Å². The second-order valence-corrected chi connectivity index (χ2v) is 4.98. The summed E-state index contributed by atoms with van der Waals surface area (Å²) >= 11 is 0. The van der Waals surface area contributed by atoms with Gasteiger partial charge in [0.15, 0.2) is 0 Å². The highest BCUT2D eigenvalue weighted by Crippen LogP contribution is 2.18. The number of hydrogen-bond acceptors (Lipinski definition) is 4. The normalized spacial score (nSPS) is 14.3. The molecule has 0 unspecified atom stereocenters. The van der Waals surface area contributed by atoms with Gasteiger partial charge in [-0.25, -0.2) is 9.18 Å². The maximum absolute atomic E-state index is 12.2. The number of nitrogens with zero attached hydrogens (tertiary/aromatic N) is 2. The number of methoxy groups -OCH3 is 1. The van der Waals surface area contributed by atoms with E-state index in [2.05, 4.69) is 5.32 Å². The molecule has 1 aromatic rings. The van der Waals surface area contributed by atoms with Gasteiger partial charge in [-0.3, -0.25) is 9.69 Å². The molecule has 1 aliphatic rings. The highest BCUT2D eigenvalue weighted by atomic mass is 19.1. The predicted octanol–water partition coefficient (Wildman–Crippen LogP) is 1.31. The fourth-order valence-electron chi connectivity index (χ4n) is 2.15. The lowest BCUT2D eigenvalue weighted by atomic mass is 10.3. The van der Waals surface area contributed by atoms with Crippen LogP contribution in [0.25, 0.3) is 0 Å². The molecule has 0 saturated carbocycles. The van der Waals surface area contributed by atoms with E-state index in [1.165, 1.54) is 4.90 Å². The summed E-state index contributed by atoms with van der Waals surface area (Å²) in [6.07, 6.45) is 0. The molecule has 1 N–H and O–H groups in total. The molecule has 7 nitrogen and oxygen atoms in total. The Kier molecular flexibility index (Phi) is 6.16. The third-order valence-electron chi connectivity index (χ3n) is 3.30. The summed E-state index contributed by atoms with van der Waals surface area (Å²) in [4.78, 5) is 27.0. The lowest BCUT2D eigenvalue weighted by Crippen LogP contribution is -2.35. The number of amides is 3. The standard InChI is InChI=1S/C15H20FN3O4/c1-22-8-6-18-11-19(10-14(18)20)15(21)17-12-3-2-4-13(9-12)23-7-5-16/h2-4,9H,5-8,10-11H2,1H3,(H,17,21). The lowest BCUT2D eigenvalue weighted by molar-refractivity contribution is -0.127. The second-order valence-electron chi connectivity index (χ2n) is 4.98. The van der Waals surface area contributed by atoms with Gasteiger partial charge in [-0.15, -0.1) is 0 Å². The van der Waals surface area contributed by atoms with Gasteiger partial charge < -0.3 is 19.7 Å². The van der Waals surface area contributed by atoms with Crippen LogP contribution in [0.5, 0.6) is 5.75 Å². The number of hydrogen-bond donors (Lipinski definition) is 1. The third kappa shape index (κ3) is 4.82. The van der Waals surface area contributed by atoms with Gasteiger partial charge in [0.25, 0.3) is 0 Å². The Morgan fingerprint density at radius 2 is 2.22 bits per heavy atom. The molecule has 3 amide bonds. The first kappa shape index (κ1) is 17.0. The number of nitrogens with one attached hydrogen (secondary N) is 1. The molecule has 0 aromatic heterocycles. The zero-order valence-electron chi connectivity index (χ0n) is 13.0. The van der Waals surface area contributed by atoms with Crippen LogP contribution in [0.1, 0.15) is 0 Å². The molecule has 8 heteroatoms. The van der Waals surface area contributed by atoms with E-state index >= 15 is 0 Å². The highest BCUT2D eigenvalue weighted by molar-refractivity contribution is 5.94.